The van der Waals surface area contributed by atoms with Gasteiger partial charge in [-0.1, -0.05) is 72.9 Å². The number of nitrogens with zero attached hydrogens (tertiary/aromatic N) is 2. The van der Waals surface area contributed by atoms with Crippen molar-refractivity contribution in [1.82, 2.24) is 20.4 Å². The second kappa shape index (κ2) is 14.5. The summed E-state index contributed by atoms with van der Waals surface area (Å²) in [5, 5.41) is 8.48. The number of hydrogen-bond acceptors (Lipinski definition) is 4. The van der Waals surface area contributed by atoms with E-state index in [1.807, 2.05) is 18.2 Å². The standard InChI is InChI=1S/C30H42Cl2N4O/c1-2-24(25-9-5-3-6-10-25)22-36-18-13-26(21-33-20-23-11-12-27(31)28(32)19-23)34-29(30(36)37)14-17-35-15-7-4-8-16-35/h3,5-6,9-12,19,24,26,29,33-34H,2,4,7-8,13-18,20-22H2,1H3. The number of halogens is 2. The first-order valence-electron chi connectivity index (χ1n) is 14.0. The number of carbonyl (C=O) groups excluding carboxylic acids is 1. The van der Waals surface area contributed by atoms with Crippen LogP contribution in [-0.4, -0.2) is 67.1 Å². The Morgan fingerprint density at radius 3 is 2.54 bits per heavy atom. The monoisotopic (exact) mass is 544 g/mol. The first-order valence-corrected chi connectivity index (χ1v) is 14.8. The highest BCUT2D eigenvalue weighted by molar-refractivity contribution is 6.42. The van der Waals surface area contributed by atoms with Gasteiger partial charge in [-0.15, -0.1) is 0 Å². The average molecular weight is 546 g/mol. The Morgan fingerprint density at radius 1 is 1.03 bits per heavy atom. The second-order valence-electron chi connectivity index (χ2n) is 10.6. The molecule has 2 saturated heterocycles. The first kappa shape index (κ1) is 28.4. The average Bonchev–Trinajstić information content (AvgIpc) is 3.07. The SMILES string of the molecule is CCC(CN1CCC(CNCc2ccc(Cl)c(Cl)c2)NC(CCN2CCCCC2)C1=O)c1ccccc1. The summed E-state index contributed by atoms with van der Waals surface area (Å²) in [7, 11) is 0. The van der Waals surface area contributed by atoms with E-state index in [0.29, 0.717) is 16.0 Å². The maximum absolute atomic E-state index is 13.8. The zero-order valence-electron chi connectivity index (χ0n) is 22.1. The molecule has 0 radical (unpaired) electrons. The van der Waals surface area contributed by atoms with Gasteiger partial charge < -0.3 is 20.4 Å². The van der Waals surface area contributed by atoms with Gasteiger partial charge in [0, 0.05) is 44.7 Å². The van der Waals surface area contributed by atoms with Crippen LogP contribution in [0.3, 0.4) is 0 Å². The smallest absolute Gasteiger partial charge is 0.239 e. The van der Waals surface area contributed by atoms with Crippen LogP contribution in [-0.2, 0) is 11.3 Å². The van der Waals surface area contributed by atoms with Crippen LogP contribution in [0.4, 0.5) is 0 Å². The Kier molecular flexibility index (Phi) is 11.1. The van der Waals surface area contributed by atoms with E-state index in [2.05, 4.69) is 57.7 Å². The highest BCUT2D eigenvalue weighted by atomic mass is 35.5. The van der Waals surface area contributed by atoms with E-state index in [4.69, 9.17) is 23.2 Å². The summed E-state index contributed by atoms with van der Waals surface area (Å²) in [6.45, 7) is 8.61. The van der Waals surface area contributed by atoms with Gasteiger partial charge in [0.1, 0.15) is 0 Å². The zero-order chi connectivity index (χ0) is 26.0. The Labute approximate surface area is 232 Å². The predicted molar refractivity (Wildman–Crippen MR) is 154 cm³/mol. The molecule has 202 valence electrons. The fourth-order valence-electron chi connectivity index (χ4n) is 5.63. The summed E-state index contributed by atoms with van der Waals surface area (Å²) in [5.41, 5.74) is 2.43. The fraction of sp³-hybridized carbons (Fsp3) is 0.567. The molecule has 0 saturated carbocycles. The van der Waals surface area contributed by atoms with Crippen molar-refractivity contribution in [3.05, 3.63) is 69.7 Å². The van der Waals surface area contributed by atoms with Gasteiger partial charge in [0.2, 0.25) is 5.91 Å². The molecule has 37 heavy (non-hydrogen) atoms. The Balaban J connectivity index is 1.40. The second-order valence-corrected chi connectivity index (χ2v) is 11.4. The molecule has 5 nitrogen and oxygen atoms in total. The molecule has 0 bridgehead atoms. The lowest BCUT2D eigenvalue weighted by Gasteiger charge is -2.31. The van der Waals surface area contributed by atoms with Crippen LogP contribution in [0.1, 0.15) is 62.5 Å². The van der Waals surface area contributed by atoms with Crippen LogP contribution < -0.4 is 10.6 Å². The van der Waals surface area contributed by atoms with Gasteiger partial charge in [0.05, 0.1) is 16.1 Å². The van der Waals surface area contributed by atoms with Crippen molar-refractivity contribution < 1.29 is 4.79 Å². The molecule has 2 aromatic rings. The number of amides is 1. The van der Waals surface area contributed by atoms with E-state index in [-0.39, 0.29) is 18.0 Å². The molecule has 2 aliphatic rings. The topological polar surface area (TPSA) is 47.6 Å². The third-order valence-electron chi connectivity index (χ3n) is 7.89. The lowest BCUT2D eigenvalue weighted by atomic mass is 9.95. The van der Waals surface area contributed by atoms with E-state index >= 15 is 0 Å². The van der Waals surface area contributed by atoms with Gasteiger partial charge in [-0.2, -0.15) is 0 Å². The van der Waals surface area contributed by atoms with Crippen molar-refractivity contribution in [2.75, 3.05) is 39.3 Å². The summed E-state index contributed by atoms with van der Waals surface area (Å²) >= 11 is 12.3. The molecule has 0 aliphatic carbocycles. The summed E-state index contributed by atoms with van der Waals surface area (Å²) < 4.78 is 0. The van der Waals surface area contributed by atoms with E-state index in [9.17, 15) is 4.79 Å². The van der Waals surface area contributed by atoms with Crippen molar-refractivity contribution in [2.24, 2.45) is 0 Å². The zero-order valence-corrected chi connectivity index (χ0v) is 23.6. The molecule has 2 fully saturated rings. The van der Waals surface area contributed by atoms with Gasteiger partial charge in [-0.05, 0) is 68.5 Å². The molecule has 3 atom stereocenters. The summed E-state index contributed by atoms with van der Waals surface area (Å²) in [6, 6.07) is 16.5. The lowest BCUT2D eigenvalue weighted by Crippen LogP contribution is -2.50. The lowest BCUT2D eigenvalue weighted by molar-refractivity contribution is -0.133. The third-order valence-corrected chi connectivity index (χ3v) is 8.62. The molecule has 2 heterocycles. The molecule has 3 unspecified atom stereocenters. The minimum atomic E-state index is -0.144. The van der Waals surface area contributed by atoms with E-state index in [1.165, 1.54) is 24.8 Å². The maximum atomic E-state index is 13.8. The Bertz CT molecular complexity index is 983. The number of carbonyl (C=O) groups is 1. The van der Waals surface area contributed by atoms with Crippen LogP contribution in [0.25, 0.3) is 0 Å². The molecule has 2 aliphatic heterocycles. The summed E-state index contributed by atoms with van der Waals surface area (Å²) in [6.07, 6.45) is 6.69. The van der Waals surface area contributed by atoms with Gasteiger partial charge in [-0.25, -0.2) is 0 Å². The normalized spacial score (nSPS) is 22.1. The third kappa shape index (κ3) is 8.43. The molecule has 7 heteroatoms. The number of likely N-dealkylation sites (tertiary alicyclic amines) is 1. The molecular formula is C30H42Cl2N4O. The highest BCUT2D eigenvalue weighted by Gasteiger charge is 2.32. The van der Waals surface area contributed by atoms with Crippen molar-refractivity contribution in [3.8, 4) is 0 Å². The number of benzene rings is 2. The fourth-order valence-corrected chi connectivity index (χ4v) is 5.95. The quantitative estimate of drug-likeness (QED) is 0.380. The molecular weight excluding hydrogens is 503 g/mol. The van der Waals surface area contributed by atoms with Crippen LogP contribution in [0.5, 0.6) is 0 Å². The predicted octanol–water partition coefficient (Wildman–Crippen LogP) is 5.71. The molecule has 0 spiro atoms. The van der Waals surface area contributed by atoms with Gasteiger partial charge in [0.15, 0.2) is 0 Å². The molecule has 0 aromatic heterocycles. The van der Waals surface area contributed by atoms with Gasteiger partial charge in [-0.3, -0.25) is 4.79 Å². The molecule has 2 aromatic carbocycles. The first-order chi connectivity index (χ1) is 18.0. The number of hydrogen-bond donors (Lipinski definition) is 2. The van der Waals surface area contributed by atoms with Gasteiger partial charge in [0.25, 0.3) is 0 Å². The largest absolute Gasteiger partial charge is 0.341 e. The van der Waals surface area contributed by atoms with Crippen molar-refractivity contribution in [3.63, 3.8) is 0 Å². The molecule has 1 amide bonds. The highest BCUT2D eigenvalue weighted by Crippen LogP contribution is 2.24. The molecule has 4 rings (SSSR count). The Hall–Kier alpha value is -1.63. The van der Waals surface area contributed by atoms with E-state index in [1.54, 1.807) is 0 Å². The molecule has 2 N–H and O–H groups in total. The Morgan fingerprint density at radius 2 is 1.81 bits per heavy atom. The van der Waals surface area contributed by atoms with Crippen molar-refractivity contribution in [1.29, 1.82) is 0 Å². The van der Waals surface area contributed by atoms with Gasteiger partial charge >= 0.3 is 0 Å². The van der Waals surface area contributed by atoms with Crippen LogP contribution >= 0.6 is 23.2 Å². The minimum Gasteiger partial charge on any atom is -0.341 e. The summed E-state index contributed by atoms with van der Waals surface area (Å²) in [5.74, 6) is 0.621. The number of piperidine rings is 1. The van der Waals surface area contributed by atoms with Crippen molar-refractivity contribution >= 4 is 29.1 Å². The minimum absolute atomic E-state index is 0.144. The van der Waals surface area contributed by atoms with Crippen LogP contribution in [0.15, 0.2) is 48.5 Å². The van der Waals surface area contributed by atoms with Crippen LogP contribution in [0.2, 0.25) is 10.0 Å². The maximum Gasteiger partial charge on any atom is 0.239 e. The van der Waals surface area contributed by atoms with Crippen LogP contribution in [0, 0.1) is 0 Å². The van der Waals surface area contributed by atoms with E-state index in [0.717, 1.165) is 70.6 Å². The summed E-state index contributed by atoms with van der Waals surface area (Å²) in [4.78, 5) is 18.5. The number of rotatable bonds is 11. The van der Waals surface area contributed by atoms with Crippen molar-refractivity contribution in [2.45, 2.75) is 70.0 Å². The number of nitrogens with one attached hydrogen (secondary N) is 2. The van der Waals surface area contributed by atoms with E-state index < -0.39 is 0 Å².